The van der Waals surface area contributed by atoms with Crippen molar-refractivity contribution in [3.05, 3.63) is 110 Å². The van der Waals surface area contributed by atoms with Crippen LogP contribution >= 0.6 is 11.6 Å². The van der Waals surface area contributed by atoms with Gasteiger partial charge in [-0.15, -0.1) is 0 Å². The molecule has 5 nitrogen and oxygen atoms in total. The predicted molar refractivity (Wildman–Crippen MR) is 129 cm³/mol. The topological polar surface area (TPSA) is 79.0 Å². The summed E-state index contributed by atoms with van der Waals surface area (Å²) in [6.07, 6.45) is -3.87. The molecule has 0 saturated carbocycles. The second-order valence-electron chi connectivity index (χ2n) is 8.02. The summed E-state index contributed by atoms with van der Waals surface area (Å²) in [5.41, 5.74) is 0.537. The fourth-order valence-corrected chi connectivity index (χ4v) is 4.89. The van der Waals surface area contributed by atoms with Crippen molar-refractivity contribution in [2.75, 3.05) is 6.54 Å². The maximum absolute atomic E-state index is 13.4. The first-order valence-corrected chi connectivity index (χ1v) is 12.4. The molecule has 182 valence electrons. The van der Waals surface area contributed by atoms with Crippen molar-refractivity contribution in [1.82, 2.24) is 9.71 Å². The van der Waals surface area contributed by atoms with Crippen LogP contribution in [0.2, 0.25) is 5.02 Å². The minimum Gasteiger partial charge on any atom is -0.322 e. The summed E-state index contributed by atoms with van der Waals surface area (Å²) in [6.45, 7) is 0.215. The Morgan fingerprint density at radius 3 is 2.14 bits per heavy atom. The number of fused-ring (bicyclic) bond motifs is 1. The van der Waals surface area contributed by atoms with Gasteiger partial charge in [0.2, 0.25) is 15.6 Å². The number of benzene rings is 3. The Labute approximate surface area is 204 Å². The predicted octanol–water partition coefficient (Wildman–Crippen LogP) is 5.31. The molecular weight excluding hydrogens is 501 g/mol. The molecule has 0 bridgehead atoms. The van der Waals surface area contributed by atoms with E-state index in [1.54, 1.807) is 30.3 Å². The van der Waals surface area contributed by atoms with Gasteiger partial charge < -0.3 is 4.98 Å². The number of pyridine rings is 1. The van der Waals surface area contributed by atoms with Gasteiger partial charge in [0.05, 0.1) is 10.5 Å². The number of aromatic amines is 1. The second kappa shape index (κ2) is 9.85. The molecule has 0 aliphatic heterocycles. The van der Waals surface area contributed by atoms with Gasteiger partial charge in [-0.25, -0.2) is 13.1 Å². The largest absolute Gasteiger partial charge is 0.417 e. The fourth-order valence-electron chi connectivity index (χ4n) is 3.73. The summed E-state index contributed by atoms with van der Waals surface area (Å²) in [4.78, 5) is 14.1. The van der Waals surface area contributed by atoms with Crippen molar-refractivity contribution < 1.29 is 21.6 Å². The Hall–Kier alpha value is -3.14. The summed E-state index contributed by atoms with van der Waals surface area (Å²) >= 11 is 5.85. The van der Waals surface area contributed by atoms with E-state index in [9.17, 15) is 26.4 Å². The summed E-state index contributed by atoms with van der Waals surface area (Å²) in [6, 6.07) is 18.3. The molecule has 0 saturated heterocycles. The normalized spacial score (nSPS) is 12.2. The number of aromatic nitrogens is 1. The van der Waals surface area contributed by atoms with E-state index in [4.69, 9.17) is 11.6 Å². The summed E-state index contributed by atoms with van der Waals surface area (Å²) in [5, 5.41) is 0.507. The molecule has 1 heterocycles. The van der Waals surface area contributed by atoms with Crippen LogP contribution in [0.4, 0.5) is 13.2 Å². The van der Waals surface area contributed by atoms with Crippen LogP contribution in [0.1, 0.15) is 22.3 Å². The third-order valence-corrected chi connectivity index (χ3v) is 7.20. The second-order valence-corrected chi connectivity index (χ2v) is 10.2. The van der Waals surface area contributed by atoms with Crippen LogP contribution in [0.3, 0.4) is 0 Å². The lowest BCUT2D eigenvalue weighted by Gasteiger charge is -2.12. The molecule has 1 aromatic heterocycles. The van der Waals surface area contributed by atoms with Crippen LogP contribution in [-0.4, -0.2) is 19.9 Å². The van der Waals surface area contributed by atoms with E-state index in [0.29, 0.717) is 23.1 Å². The third-order valence-electron chi connectivity index (χ3n) is 5.47. The molecule has 2 N–H and O–H groups in total. The van der Waals surface area contributed by atoms with E-state index in [-0.39, 0.29) is 28.8 Å². The number of hydrogen-bond donors (Lipinski definition) is 2. The Bertz CT molecular complexity index is 1520. The minimum absolute atomic E-state index is 0.0906. The van der Waals surface area contributed by atoms with Crippen molar-refractivity contribution in [2.45, 2.75) is 23.9 Å². The standard InChI is InChI=1S/C25H20ClF3N2O3S/c26-19-6-1-16(2-7-19)11-12-30-35(33,34)20-8-3-17(4-9-20)13-18-5-10-23-21(14-18)22(25(27,28)29)15-24(32)31-23/h1-10,14-15,30H,11-13H2,(H,31,32). The lowest BCUT2D eigenvalue weighted by Crippen LogP contribution is -2.26. The Morgan fingerprint density at radius 1 is 0.857 bits per heavy atom. The van der Waals surface area contributed by atoms with Gasteiger partial charge in [-0.1, -0.05) is 41.9 Å². The van der Waals surface area contributed by atoms with E-state index < -0.39 is 27.3 Å². The number of alkyl halides is 3. The lowest BCUT2D eigenvalue weighted by atomic mass is 10.0. The Kier molecular flexibility index (Phi) is 7.02. The van der Waals surface area contributed by atoms with Crippen molar-refractivity contribution in [3.8, 4) is 0 Å². The van der Waals surface area contributed by atoms with E-state index in [2.05, 4.69) is 9.71 Å². The monoisotopic (exact) mass is 520 g/mol. The van der Waals surface area contributed by atoms with Crippen molar-refractivity contribution in [2.24, 2.45) is 0 Å². The molecule has 3 aromatic carbocycles. The van der Waals surface area contributed by atoms with Crippen molar-refractivity contribution >= 4 is 32.5 Å². The van der Waals surface area contributed by atoms with E-state index in [0.717, 1.165) is 11.1 Å². The number of rotatable bonds is 7. The first-order chi connectivity index (χ1) is 16.5. The number of halogens is 4. The molecule has 4 aromatic rings. The fraction of sp³-hybridized carbons (Fsp3) is 0.160. The smallest absolute Gasteiger partial charge is 0.322 e. The number of sulfonamides is 1. The first-order valence-electron chi connectivity index (χ1n) is 10.6. The molecule has 10 heteroatoms. The highest BCUT2D eigenvalue weighted by atomic mass is 35.5. The maximum atomic E-state index is 13.4. The lowest BCUT2D eigenvalue weighted by molar-refractivity contribution is -0.136. The summed E-state index contributed by atoms with van der Waals surface area (Å²) in [5.74, 6) is 0. The molecule has 35 heavy (non-hydrogen) atoms. The van der Waals surface area contributed by atoms with Crippen LogP contribution in [0.15, 0.2) is 82.5 Å². The van der Waals surface area contributed by atoms with Gasteiger partial charge in [-0.3, -0.25) is 4.79 Å². The van der Waals surface area contributed by atoms with E-state index in [1.165, 1.54) is 24.3 Å². The molecule has 0 spiro atoms. The van der Waals surface area contributed by atoms with Gasteiger partial charge in [0.25, 0.3) is 0 Å². The summed E-state index contributed by atoms with van der Waals surface area (Å²) < 4.78 is 67.9. The highest BCUT2D eigenvalue weighted by molar-refractivity contribution is 7.89. The third kappa shape index (κ3) is 6.11. The molecule has 0 radical (unpaired) electrons. The maximum Gasteiger partial charge on any atom is 0.417 e. The molecule has 0 fully saturated rings. The van der Waals surface area contributed by atoms with E-state index in [1.807, 2.05) is 12.1 Å². The zero-order chi connectivity index (χ0) is 25.2. The average molecular weight is 521 g/mol. The average Bonchev–Trinajstić information content (AvgIpc) is 2.80. The molecule has 0 amide bonds. The van der Waals surface area contributed by atoms with Crippen molar-refractivity contribution in [1.29, 1.82) is 0 Å². The van der Waals surface area contributed by atoms with Crippen LogP contribution in [0, 0.1) is 0 Å². The zero-order valence-electron chi connectivity index (χ0n) is 18.2. The van der Waals surface area contributed by atoms with Crippen LogP contribution < -0.4 is 10.3 Å². The zero-order valence-corrected chi connectivity index (χ0v) is 19.8. The Morgan fingerprint density at radius 2 is 1.49 bits per heavy atom. The SMILES string of the molecule is O=c1cc(C(F)(F)F)c2cc(Cc3ccc(S(=O)(=O)NCCc4ccc(Cl)cc4)cc3)ccc2[nH]1. The van der Waals surface area contributed by atoms with Crippen LogP contribution in [-0.2, 0) is 29.0 Å². The molecule has 0 atom stereocenters. The van der Waals surface area contributed by atoms with Crippen LogP contribution in [0.5, 0.6) is 0 Å². The van der Waals surface area contributed by atoms with Gasteiger partial charge in [0, 0.05) is 28.5 Å². The van der Waals surface area contributed by atoms with Crippen molar-refractivity contribution in [3.63, 3.8) is 0 Å². The minimum atomic E-state index is -4.66. The highest BCUT2D eigenvalue weighted by Crippen LogP contribution is 2.33. The van der Waals surface area contributed by atoms with Crippen LogP contribution in [0.25, 0.3) is 10.9 Å². The van der Waals surface area contributed by atoms with Gasteiger partial charge in [-0.2, -0.15) is 13.2 Å². The number of nitrogens with one attached hydrogen (secondary N) is 2. The van der Waals surface area contributed by atoms with E-state index >= 15 is 0 Å². The Balaban J connectivity index is 1.47. The molecule has 0 unspecified atom stereocenters. The molecule has 0 aliphatic rings. The first kappa shape index (κ1) is 25.0. The van der Waals surface area contributed by atoms with Gasteiger partial charge in [0.15, 0.2) is 0 Å². The number of hydrogen-bond acceptors (Lipinski definition) is 3. The molecular formula is C25H20ClF3N2O3S. The van der Waals surface area contributed by atoms with Gasteiger partial charge in [-0.05, 0) is 65.9 Å². The number of H-pyrrole nitrogens is 1. The highest BCUT2D eigenvalue weighted by Gasteiger charge is 2.33. The van der Waals surface area contributed by atoms with Gasteiger partial charge >= 0.3 is 6.18 Å². The van der Waals surface area contributed by atoms with Gasteiger partial charge in [0.1, 0.15) is 0 Å². The summed E-state index contributed by atoms with van der Waals surface area (Å²) in [7, 11) is -3.72. The quantitative estimate of drug-likeness (QED) is 0.346. The molecule has 4 rings (SSSR count). The molecule has 0 aliphatic carbocycles.